The lowest BCUT2D eigenvalue weighted by molar-refractivity contribution is 0.307. The summed E-state index contributed by atoms with van der Waals surface area (Å²) < 4.78 is 6.72. The fraction of sp³-hybridized carbons (Fsp3) is 0.462. The van der Waals surface area contributed by atoms with E-state index in [9.17, 15) is 0 Å². The van der Waals surface area contributed by atoms with E-state index in [1.807, 2.05) is 25.2 Å². The first-order chi connectivity index (χ1) is 8.27. The highest BCUT2D eigenvalue weighted by molar-refractivity contribution is 9.10. The molecule has 1 aromatic rings. The number of rotatable bonds is 7. The summed E-state index contributed by atoms with van der Waals surface area (Å²) in [5, 5.41) is 11.5. The molecule has 1 N–H and O–H groups in total. The van der Waals surface area contributed by atoms with E-state index in [0.29, 0.717) is 13.0 Å². The molecule has 0 atom stereocenters. The van der Waals surface area contributed by atoms with Crippen LogP contribution < -0.4 is 10.1 Å². The molecule has 1 rings (SSSR count). The lowest BCUT2D eigenvalue weighted by atomic mass is 10.2. The van der Waals surface area contributed by atoms with E-state index in [-0.39, 0.29) is 0 Å². The minimum atomic E-state index is 0.606. The van der Waals surface area contributed by atoms with Crippen LogP contribution in [0.3, 0.4) is 0 Å². The van der Waals surface area contributed by atoms with Crippen molar-refractivity contribution in [2.24, 2.45) is 0 Å². The van der Waals surface area contributed by atoms with Crippen LogP contribution in [0, 0.1) is 11.3 Å². The van der Waals surface area contributed by atoms with Crippen LogP contribution in [0.25, 0.3) is 0 Å². The monoisotopic (exact) mass is 296 g/mol. The van der Waals surface area contributed by atoms with Crippen molar-refractivity contribution in [3.8, 4) is 11.8 Å². The summed E-state index contributed by atoms with van der Waals surface area (Å²) in [5.41, 5.74) is 1.18. The molecule has 0 heterocycles. The van der Waals surface area contributed by atoms with Crippen molar-refractivity contribution in [1.29, 1.82) is 5.26 Å². The summed E-state index contributed by atoms with van der Waals surface area (Å²) in [6.07, 6.45) is 2.43. The number of nitriles is 1. The number of nitrogens with one attached hydrogen (secondary N) is 1. The molecule has 17 heavy (non-hydrogen) atoms. The SMILES string of the molecule is CNCc1cc(OCCCCC#N)ccc1Br. The van der Waals surface area contributed by atoms with Crippen LogP contribution in [0.5, 0.6) is 5.75 Å². The normalized spacial score (nSPS) is 9.94. The summed E-state index contributed by atoms with van der Waals surface area (Å²) in [7, 11) is 1.92. The summed E-state index contributed by atoms with van der Waals surface area (Å²) >= 11 is 3.50. The maximum atomic E-state index is 8.41. The van der Waals surface area contributed by atoms with Gasteiger partial charge in [0.15, 0.2) is 0 Å². The zero-order valence-electron chi connectivity index (χ0n) is 10.0. The summed E-state index contributed by atoms with van der Waals surface area (Å²) in [5.74, 6) is 0.885. The van der Waals surface area contributed by atoms with Crippen molar-refractivity contribution in [3.05, 3.63) is 28.2 Å². The lowest BCUT2D eigenvalue weighted by Crippen LogP contribution is -2.06. The van der Waals surface area contributed by atoms with Gasteiger partial charge in [-0.05, 0) is 43.7 Å². The molecule has 4 heteroatoms. The molecule has 0 fully saturated rings. The quantitative estimate of drug-likeness (QED) is 0.786. The topological polar surface area (TPSA) is 45.0 Å². The lowest BCUT2D eigenvalue weighted by Gasteiger charge is -2.09. The Morgan fingerprint density at radius 1 is 1.41 bits per heavy atom. The predicted molar refractivity (Wildman–Crippen MR) is 71.9 cm³/mol. The van der Waals surface area contributed by atoms with Crippen molar-refractivity contribution >= 4 is 15.9 Å². The average molecular weight is 297 g/mol. The zero-order chi connectivity index (χ0) is 12.5. The van der Waals surface area contributed by atoms with Gasteiger partial charge < -0.3 is 10.1 Å². The minimum absolute atomic E-state index is 0.606. The Balaban J connectivity index is 2.43. The van der Waals surface area contributed by atoms with Gasteiger partial charge in [-0.3, -0.25) is 0 Å². The highest BCUT2D eigenvalue weighted by Crippen LogP contribution is 2.22. The predicted octanol–water partition coefficient (Wildman–Crippen LogP) is 3.24. The maximum absolute atomic E-state index is 8.41. The van der Waals surface area contributed by atoms with E-state index in [4.69, 9.17) is 10.00 Å². The molecule has 3 nitrogen and oxygen atoms in total. The molecule has 92 valence electrons. The molecule has 0 bridgehead atoms. The number of hydrogen-bond acceptors (Lipinski definition) is 3. The second-order valence-electron chi connectivity index (χ2n) is 3.75. The minimum Gasteiger partial charge on any atom is -0.494 e. The first-order valence-corrected chi connectivity index (χ1v) is 6.50. The molecule has 0 unspecified atom stereocenters. The van der Waals surface area contributed by atoms with Crippen molar-refractivity contribution in [3.63, 3.8) is 0 Å². The van der Waals surface area contributed by atoms with E-state index < -0.39 is 0 Å². The van der Waals surface area contributed by atoms with Gasteiger partial charge in [-0.2, -0.15) is 5.26 Å². The van der Waals surface area contributed by atoms with E-state index in [0.717, 1.165) is 29.6 Å². The van der Waals surface area contributed by atoms with Crippen LogP contribution in [-0.2, 0) is 6.54 Å². The van der Waals surface area contributed by atoms with Crippen LogP contribution in [0.1, 0.15) is 24.8 Å². The van der Waals surface area contributed by atoms with Gasteiger partial charge in [-0.15, -0.1) is 0 Å². The first kappa shape index (κ1) is 14.0. The second-order valence-corrected chi connectivity index (χ2v) is 4.60. The van der Waals surface area contributed by atoms with E-state index in [1.54, 1.807) is 0 Å². The van der Waals surface area contributed by atoms with Crippen molar-refractivity contribution in [2.45, 2.75) is 25.8 Å². The molecule has 0 aromatic heterocycles. The smallest absolute Gasteiger partial charge is 0.119 e. The third-order valence-corrected chi connectivity index (χ3v) is 3.11. The van der Waals surface area contributed by atoms with E-state index in [2.05, 4.69) is 27.3 Å². The highest BCUT2D eigenvalue weighted by atomic mass is 79.9. The molecule has 1 aromatic carbocycles. The Morgan fingerprint density at radius 3 is 2.94 bits per heavy atom. The fourth-order valence-electron chi connectivity index (χ4n) is 1.46. The van der Waals surface area contributed by atoms with Gasteiger partial charge >= 0.3 is 0 Å². The molecule has 0 aliphatic rings. The van der Waals surface area contributed by atoms with Gasteiger partial charge in [-0.1, -0.05) is 15.9 Å². The maximum Gasteiger partial charge on any atom is 0.119 e. The van der Waals surface area contributed by atoms with Crippen LogP contribution >= 0.6 is 15.9 Å². The average Bonchev–Trinajstić information content (AvgIpc) is 2.33. The molecule has 0 saturated heterocycles. The largest absolute Gasteiger partial charge is 0.494 e. The fourth-order valence-corrected chi connectivity index (χ4v) is 1.85. The first-order valence-electron chi connectivity index (χ1n) is 5.70. The van der Waals surface area contributed by atoms with Crippen LogP contribution in [-0.4, -0.2) is 13.7 Å². The Labute approximate surface area is 111 Å². The van der Waals surface area contributed by atoms with Crippen LogP contribution in [0.2, 0.25) is 0 Å². The Bertz CT molecular complexity index is 387. The van der Waals surface area contributed by atoms with Crippen LogP contribution in [0.4, 0.5) is 0 Å². The second kappa shape index (κ2) is 8.10. The summed E-state index contributed by atoms with van der Waals surface area (Å²) in [6, 6.07) is 8.11. The summed E-state index contributed by atoms with van der Waals surface area (Å²) in [4.78, 5) is 0. The molecular formula is C13H17BrN2O. The van der Waals surface area contributed by atoms with Gasteiger partial charge in [0.2, 0.25) is 0 Å². The van der Waals surface area contributed by atoms with Gasteiger partial charge in [-0.25, -0.2) is 0 Å². The van der Waals surface area contributed by atoms with Crippen LogP contribution in [0.15, 0.2) is 22.7 Å². The number of ether oxygens (including phenoxy) is 1. The molecule has 0 spiro atoms. The Kier molecular flexibility index (Phi) is 6.68. The Morgan fingerprint density at radius 2 is 2.24 bits per heavy atom. The van der Waals surface area contributed by atoms with Crippen molar-refractivity contribution < 1.29 is 4.74 Å². The third-order valence-electron chi connectivity index (χ3n) is 2.34. The summed E-state index contributed by atoms with van der Waals surface area (Å²) in [6.45, 7) is 1.48. The zero-order valence-corrected chi connectivity index (χ0v) is 11.6. The van der Waals surface area contributed by atoms with Gasteiger partial charge in [0.1, 0.15) is 5.75 Å². The Hall–Kier alpha value is -1.05. The number of benzene rings is 1. The highest BCUT2D eigenvalue weighted by Gasteiger charge is 2.01. The van der Waals surface area contributed by atoms with E-state index >= 15 is 0 Å². The van der Waals surface area contributed by atoms with Gasteiger partial charge in [0, 0.05) is 17.4 Å². The van der Waals surface area contributed by atoms with E-state index in [1.165, 1.54) is 5.56 Å². The standard InChI is InChI=1S/C13H17BrN2O/c1-16-10-11-9-12(5-6-13(11)14)17-8-4-2-3-7-15/h5-6,9,16H,2-4,8,10H2,1H3. The molecule has 0 saturated carbocycles. The van der Waals surface area contributed by atoms with Crippen molar-refractivity contribution in [1.82, 2.24) is 5.32 Å². The van der Waals surface area contributed by atoms with Gasteiger partial charge in [0.05, 0.1) is 12.7 Å². The molecule has 0 amide bonds. The molecule has 0 aliphatic carbocycles. The molecule has 0 radical (unpaired) electrons. The molecule has 0 aliphatic heterocycles. The number of hydrogen-bond donors (Lipinski definition) is 1. The van der Waals surface area contributed by atoms with Gasteiger partial charge in [0.25, 0.3) is 0 Å². The third kappa shape index (κ3) is 5.20. The number of halogens is 1. The van der Waals surface area contributed by atoms with Crippen molar-refractivity contribution in [2.75, 3.05) is 13.7 Å². The number of unbranched alkanes of at least 4 members (excludes halogenated alkanes) is 2. The number of nitrogens with zero attached hydrogens (tertiary/aromatic N) is 1. The molecular weight excluding hydrogens is 280 g/mol.